The Kier molecular flexibility index (Phi) is 2.96. The number of carbonyl (C=O) groups excluding carboxylic acids is 2. The number of anilines is 2. The maximum atomic E-state index is 11.7. The van der Waals surface area contributed by atoms with E-state index >= 15 is 0 Å². The van der Waals surface area contributed by atoms with Crippen LogP contribution in [0.15, 0.2) is 12.1 Å². The van der Waals surface area contributed by atoms with Gasteiger partial charge in [0, 0.05) is 12.6 Å². The van der Waals surface area contributed by atoms with Crippen molar-refractivity contribution >= 4 is 34.7 Å². The Labute approximate surface area is 128 Å². The quantitative estimate of drug-likeness (QED) is 0.810. The highest BCUT2D eigenvalue weighted by atomic mass is 35.5. The van der Waals surface area contributed by atoms with Crippen molar-refractivity contribution in [2.45, 2.75) is 38.1 Å². The van der Waals surface area contributed by atoms with Crippen molar-refractivity contribution in [3.8, 4) is 0 Å². The highest BCUT2D eigenvalue weighted by molar-refractivity contribution is 6.52. The zero-order valence-corrected chi connectivity index (χ0v) is 12.4. The van der Waals surface area contributed by atoms with Gasteiger partial charge in [0.2, 0.25) is 0 Å². The highest BCUT2D eigenvalue weighted by Gasteiger charge is 2.37. The normalized spacial score (nSPS) is 27.6. The second-order valence-corrected chi connectivity index (χ2v) is 6.63. The van der Waals surface area contributed by atoms with Crippen molar-refractivity contribution < 1.29 is 9.59 Å². The molecule has 1 amide bonds. The van der Waals surface area contributed by atoms with E-state index in [2.05, 4.69) is 10.2 Å². The molecule has 3 aliphatic rings. The number of hydrogen-bond donors (Lipinski definition) is 1. The number of benzene rings is 1. The summed E-state index contributed by atoms with van der Waals surface area (Å²) in [5, 5.41) is 3.21. The molecule has 0 spiro atoms. The van der Waals surface area contributed by atoms with Gasteiger partial charge in [-0.3, -0.25) is 9.59 Å². The average Bonchev–Trinajstić information content (AvgIpc) is 3.05. The smallest absolute Gasteiger partial charge is 0.296 e. The molecule has 0 bridgehead atoms. The van der Waals surface area contributed by atoms with E-state index in [9.17, 15) is 9.59 Å². The summed E-state index contributed by atoms with van der Waals surface area (Å²) in [6.45, 7) is 1.00. The number of amides is 1. The molecule has 2 fully saturated rings. The minimum atomic E-state index is -0.560. The molecule has 110 valence electrons. The minimum Gasteiger partial charge on any atom is -0.367 e. The molecule has 4 rings (SSSR count). The number of Topliss-reactive ketones (excluding diaryl/α,β-unsaturated/α-hetero) is 1. The van der Waals surface area contributed by atoms with Gasteiger partial charge < -0.3 is 10.2 Å². The number of halogens is 1. The minimum absolute atomic E-state index is 0.397. The zero-order chi connectivity index (χ0) is 14.6. The van der Waals surface area contributed by atoms with Crippen LogP contribution < -0.4 is 10.2 Å². The number of nitrogens with zero attached hydrogens (tertiary/aromatic N) is 1. The molecule has 5 heteroatoms. The van der Waals surface area contributed by atoms with E-state index in [4.69, 9.17) is 11.6 Å². The predicted molar refractivity (Wildman–Crippen MR) is 82.1 cm³/mol. The van der Waals surface area contributed by atoms with Crippen molar-refractivity contribution in [1.82, 2.24) is 0 Å². The molecule has 1 saturated heterocycles. The van der Waals surface area contributed by atoms with E-state index in [1.54, 1.807) is 6.07 Å². The number of piperidine rings is 1. The van der Waals surface area contributed by atoms with Gasteiger partial charge in [0.25, 0.3) is 11.7 Å². The van der Waals surface area contributed by atoms with Crippen LogP contribution in [-0.2, 0) is 4.79 Å². The third-order valence-electron chi connectivity index (χ3n) is 5.09. The third-order valence-corrected chi connectivity index (χ3v) is 5.39. The maximum absolute atomic E-state index is 11.7. The summed E-state index contributed by atoms with van der Waals surface area (Å²) in [4.78, 5) is 25.6. The van der Waals surface area contributed by atoms with Crippen LogP contribution in [-0.4, -0.2) is 24.3 Å². The Balaban J connectivity index is 1.74. The zero-order valence-electron chi connectivity index (χ0n) is 11.7. The largest absolute Gasteiger partial charge is 0.367 e. The van der Waals surface area contributed by atoms with Crippen LogP contribution in [0.4, 0.5) is 11.4 Å². The number of hydrogen-bond acceptors (Lipinski definition) is 3. The molecule has 21 heavy (non-hydrogen) atoms. The van der Waals surface area contributed by atoms with Crippen molar-refractivity contribution in [3.05, 3.63) is 22.7 Å². The predicted octanol–water partition coefficient (Wildman–Crippen LogP) is 3.24. The van der Waals surface area contributed by atoms with Gasteiger partial charge >= 0.3 is 0 Å². The summed E-state index contributed by atoms with van der Waals surface area (Å²) in [7, 11) is 0. The summed E-state index contributed by atoms with van der Waals surface area (Å²) in [6, 6.07) is 4.08. The molecule has 1 aromatic rings. The Morgan fingerprint density at radius 1 is 1.14 bits per heavy atom. The van der Waals surface area contributed by atoms with E-state index in [1.165, 1.54) is 32.1 Å². The number of carbonyl (C=O) groups is 2. The van der Waals surface area contributed by atoms with E-state index < -0.39 is 11.7 Å². The fourth-order valence-electron chi connectivity index (χ4n) is 4.13. The van der Waals surface area contributed by atoms with Gasteiger partial charge in [-0.15, -0.1) is 0 Å². The molecule has 0 radical (unpaired) electrons. The average molecular weight is 305 g/mol. The lowest BCUT2D eigenvalue weighted by Gasteiger charge is -2.40. The lowest BCUT2D eigenvalue weighted by molar-refractivity contribution is -0.112. The molecule has 0 aromatic heterocycles. The Bertz CT molecular complexity index is 643. The molecule has 1 saturated carbocycles. The lowest BCUT2D eigenvalue weighted by Crippen LogP contribution is -2.42. The van der Waals surface area contributed by atoms with Gasteiger partial charge in [-0.05, 0) is 43.7 Å². The van der Waals surface area contributed by atoms with Gasteiger partial charge in [0.1, 0.15) is 0 Å². The first-order chi connectivity index (χ1) is 10.1. The number of fused-ring (bicyclic) bond motifs is 2. The van der Waals surface area contributed by atoms with Crippen LogP contribution in [0.5, 0.6) is 0 Å². The third kappa shape index (κ3) is 1.96. The van der Waals surface area contributed by atoms with Crippen LogP contribution in [0.25, 0.3) is 0 Å². The Morgan fingerprint density at radius 3 is 2.81 bits per heavy atom. The van der Waals surface area contributed by atoms with Crippen molar-refractivity contribution in [2.75, 3.05) is 16.8 Å². The maximum Gasteiger partial charge on any atom is 0.296 e. The van der Waals surface area contributed by atoms with Crippen molar-refractivity contribution in [1.29, 1.82) is 0 Å². The standard InChI is InChI=1S/C16H17ClN2O2/c17-11-7-10-12(18-16(21)15(10)20)8-14(11)19-6-2-4-9-3-1-5-13(9)19/h7-9,13H,1-6H2,(H,18,20,21). The van der Waals surface area contributed by atoms with Crippen molar-refractivity contribution in [2.24, 2.45) is 5.92 Å². The topological polar surface area (TPSA) is 49.4 Å². The van der Waals surface area contributed by atoms with E-state index in [-0.39, 0.29) is 0 Å². The van der Waals surface area contributed by atoms with Gasteiger partial charge in [-0.2, -0.15) is 0 Å². The first-order valence-electron chi connectivity index (χ1n) is 7.61. The second-order valence-electron chi connectivity index (χ2n) is 6.23. The number of nitrogens with one attached hydrogen (secondary N) is 1. The Morgan fingerprint density at radius 2 is 1.95 bits per heavy atom. The summed E-state index contributed by atoms with van der Waals surface area (Å²) >= 11 is 6.41. The summed E-state index contributed by atoms with van der Waals surface area (Å²) < 4.78 is 0. The van der Waals surface area contributed by atoms with Gasteiger partial charge in [0.15, 0.2) is 0 Å². The molecule has 1 aromatic carbocycles. The van der Waals surface area contributed by atoms with Crippen LogP contribution in [0.1, 0.15) is 42.5 Å². The molecule has 2 unspecified atom stereocenters. The van der Waals surface area contributed by atoms with E-state index in [0.717, 1.165) is 18.2 Å². The summed E-state index contributed by atoms with van der Waals surface area (Å²) in [5.74, 6) is -0.286. The molecule has 1 N–H and O–H groups in total. The molecule has 1 aliphatic carbocycles. The molecule has 4 nitrogen and oxygen atoms in total. The van der Waals surface area contributed by atoms with Crippen LogP contribution >= 0.6 is 11.6 Å². The first-order valence-corrected chi connectivity index (χ1v) is 7.99. The molecule has 2 heterocycles. The van der Waals surface area contributed by atoms with Gasteiger partial charge in [-0.25, -0.2) is 0 Å². The van der Waals surface area contributed by atoms with Crippen LogP contribution in [0, 0.1) is 5.92 Å². The summed E-state index contributed by atoms with van der Waals surface area (Å²) in [6.07, 6.45) is 6.28. The van der Waals surface area contributed by atoms with Crippen molar-refractivity contribution in [3.63, 3.8) is 0 Å². The van der Waals surface area contributed by atoms with Crippen LogP contribution in [0.3, 0.4) is 0 Å². The first kappa shape index (κ1) is 13.1. The number of ketones is 1. The number of rotatable bonds is 1. The molecular weight excluding hydrogens is 288 g/mol. The van der Waals surface area contributed by atoms with E-state index in [1.807, 2.05) is 6.07 Å². The molecule has 2 aliphatic heterocycles. The second kappa shape index (κ2) is 4.73. The van der Waals surface area contributed by atoms with Gasteiger partial charge in [-0.1, -0.05) is 18.0 Å². The highest BCUT2D eigenvalue weighted by Crippen LogP contribution is 2.43. The van der Waals surface area contributed by atoms with Gasteiger partial charge in [0.05, 0.1) is 22.0 Å². The molecule has 2 atom stereocenters. The monoisotopic (exact) mass is 304 g/mol. The Hall–Kier alpha value is -1.55. The lowest BCUT2D eigenvalue weighted by atomic mass is 9.91. The van der Waals surface area contributed by atoms with E-state index in [0.29, 0.717) is 22.3 Å². The SMILES string of the molecule is O=C1Nc2cc(N3CCCC4CCCC43)c(Cl)cc2C1=O. The van der Waals surface area contributed by atoms with Crippen LogP contribution in [0.2, 0.25) is 5.02 Å². The molecular formula is C16H17ClN2O2. The summed E-state index contributed by atoms with van der Waals surface area (Å²) in [5.41, 5.74) is 1.96. The fraction of sp³-hybridized carbons (Fsp3) is 0.500. The fourth-order valence-corrected chi connectivity index (χ4v) is 4.40.